The summed E-state index contributed by atoms with van der Waals surface area (Å²) in [6, 6.07) is 16.5. The number of oxazole rings is 1. The van der Waals surface area contributed by atoms with Crippen LogP contribution in [0.4, 0.5) is 10.1 Å². The van der Waals surface area contributed by atoms with Gasteiger partial charge >= 0.3 is 0 Å². The lowest BCUT2D eigenvalue weighted by Gasteiger charge is -2.07. The Kier molecular flexibility index (Phi) is 4.57. The van der Waals surface area contributed by atoms with E-state index in [-0.39, 0.29) is 11.1 Å². The van der Waals surface area contributed by atoms with Crippen molar-refractivity contribution in [3.8, 4) is 17.5 Å². The largest absolute Gasteiger partial charge is 0.436 e. The van der Waals surface area contributed by atoms with E-state index in [0.29, 0.717) is 11.6 Å². The third kappa shape index (κ3) is 3.58. The van der Waals surface area contributed by atoms with Crippen molar-refractivity contribution in [2.24, 2.45) is 0 Å². The summed E-state index contributed by atoms with van der Waals surface area (Å²) in [5, 5.41) is 11.4. The topological polar surface area (TPSA) is 78.9 Å². The molecule has 4 rings (SSSR count). The third-order valence-electron chi connectivity index (χ3n) is 4.55. The zero-order valence-electron chi connectivity index (χ0n) is 15.8. The van der Waals surface area contributed by atoms with E-state index in [9.17, 15) is 9.18 Å². The smallest absolute Gasteiger partial charge is 0.258 e. The highest BCUT2D eigenvalue weighted by atomic mass is 19.1. The van der Waals surface area contributed by atoms with Crippen molar-refractivity contribution in [2.75, 3.05) is 5.32 Å². The van der Waals surface area contributed by atoms with Crippen LogP contribution in [-0.2, 0) is 0 Å². The van der Waals surface area contributed by atoms with Gasteiger partial charge in [-0.05, 0) is 73.5 Å². The zero-order valence-corrected chi connectivity index (χ0v) is 15.8. The minimum Gasteiger partial charge on any atom is -0.436 e. The maximum absolute atomic E-state index is 14.0. The van der Waals surface area contributed by atoms with Gasteiger partial charge in [-0.1, -0.05) is 6.07 Å². The van der Waals surface area contributed by atoms with Crippen molar-refractivity contribution in [2.45, 2.75) is 13.8 Å². The molecule has 29 heavy (non-hydrogen) atoms. The minimum absolute atomic E-state index is 0.127. The molecule has 0 unspecified atom stereocenters. The Morgan fingerprint density at radius 1 is 1.10 bits per heavy atom. The number of fused-ring (bicyclic) bond motifs is 1. The summed E-state index contributed by atoms with van der Waals surface area (Å²) < 4.78 is 19.9. The second-order valence-corrected chi connectivity index (χ2v) is 6.79. The normalized spacial score (nSPS) is 10.7. The van der Waals surface area contributed by atoms with Crippen molar-refractivity contribution in [3.63, 3.8) is 0 Å². The first kappa shape index (κ1) is 18.4. The van der Waals surface area contributed by atoms with Crippen molar-refractivity contribution in [3.05, 3.63) is 82.7 Å². The van der Waals surface area contributed by atoms with E-state index in [1.54, 1.807) is 24.3 Å². The van der Waals surface area contributed by atoms with E-state index in [2.05, 4.69) is 10.3 Å². The molecule has 5 nitrogen and oxygen atoms in total. The lowest BCUT2D eigenvalue weighted by molar-refractivity contribution is 0.102. The summed E-state index contributed by atoms with van der Waals surface area (Å²) in [6.07, 6.45) is 0. The lowest BCUT2D eigenvalue weighted by atomic mass is 10.1. The summed E-state index contributed by atoms with van der Waals surface area (Å²) in [6.45, 7) is 3.99. The molecule has 0 radical (unpaired) electrons. The monoisotopic (exact) mass is 385 g/mol. The van der Waals surface area contributed by atoms with Gasteiger partial charge in [0, 0.05) is 11.3 Å². The van der Waals surface area contributed by atoms with Crippen LogP contribution in [0.1, 0.15) is 27.0 Å². The summed E-state index contributed by atoms with van der Waals surface area (Å²) in [4.78, 5) is 16.9. The Balaban J connectivity index is 1.56. The molecule has 3 aromatic carbocycles. The van der Waals surface area contributed by atoms with Crippen LogP contribution in [0.3, 0.4) is 0 Å². The number of carbonyl (C=O) groups excluding carboxylic acids is 1. The average Bonchev–Trinajstić information content (AvgIpc) is 3.12. The number of nitriles is 1. The van der Waals surface area contributed by atoms with Gasteiger partial charge in [0.15, 0.2) is 5.58 Å². The standard InChI is InChI=1S/C23H16FN3O2/c1-13-9-14(2)21-20(10-13)27-23(29-21)16-4-6-17(7-5-16)26-22(28)18-8-3-15(12-25)11-19(18)24/h3-11H,1-2H3,(H,26,28). The SMILES string of the molecule is Cc1cc(C)c2oc(-c3ccc(NC(=O)c4ccc(C#N)cc4F)cc3)nc2c1. The molecule has 0 spiro atoms. The number of halogens is 1. The number of amides is 1. The number of benzene rings is 3. The molecule has 142 valence electrons. The second-order valence-electron chi connectivity index (χ2n) is 6.79. The van der Waals surface area contributed by atoms with Gasteiger partial charge in [0.05, 0.1) is 17.2 Å². The van der Waals surface area contributed by atoms with Gasteiger partial charge in [-0.2, -0.15) is 5.26 Å². The molecular formula is C23H16FN3O2. The van der Waals surface area contributed by atoms with Crippen molar-refractivity contribution >= 4 is 22.7 Å². The predicted molar refractivity (Wildman–Crippen MR) is 108 cm³/mol. The maximum atomic E-state index is 14.0. The Hall–Kier alpha value is -3.98. The Bertz CT molecular complexity index is 1280. The second kappa shape index (κ2) is 7.21. The molecule has 1 N–H and O–H groups in total. The summed E-state index contributed by atoms with van der Waals surface area (Å²) in [5.74, 6) is -0.840. The van der Waals surface area contributed by atoms with Crippen LogP contribution in [0.15, 0.2) is 59.0 Å². The first-order chi connectivity index (χ1) is 13.9. The number of aryl methyl sites for hydroxylation is 2. The van der Waals surface area contributed by atoms with Crippen molar-refractivity contribution < 1.29 is 13.6 Å². The first-order valence-electron chi connectivity index (χ1n) is 8.94. The predicted octanol–water partition coefficient (Wildman–Crippen LogP) is 5.37. The van der Waals surface area contributed by atoms with Gasteiger partial charge < -0.3 is 9.73 Å². The van der Waals surface area contributed by atoms with Crippen molar-refractivity contribution in [1.29, 1.82) is 5.26 Å². The summed E-state index contributed by atoms with van der Waals surface area (Å²) in [7, 11) is 0. The molecule has 0 saturated carbocycles. The highest BCUT2D eigenvalue weighted by Crippen LogP contribution is 2.28. The van der Waals surface area contributed by atoms with E-state index in [0.717, 1.165) is 33.9 Å². The number of aromatic nitrogens is 1. The minimum atomic E-state index is -0.740. The number of nitrogens with zero attached hydrogens (tertiary/aromatic N) is 2. The number of nitrogens with one attached hydrogen (secondary N) is 1. The van der Waals surface area contributed by atoms with Crippen LogP contribution >= 0.6 is 0 Å². The Labute approximate surface area is 166 Å². The molecule has 0 atom stereocenters. The van der Waals surface area contributed by atoms with Crippen LogP contribution in [0.25, 0.3) is 22.6 Å². The van der Waals surface area contributed by atoms with E-state index >= 15 is 0 Å². The van der Waals surface area contributed by atoms with E-state index in [4.69, 9.17) is 9.68 Å². The van der Waals surface area contributed by atoms with Crippen LogP contribution < -0.4 is 5.32 Å². The summed E-state index contributed by atoms with van der Waals surface area (Å²) >= 11 is 0. The quantitative estimate of drug-likeness (QED) is 0.514. The molecule has 0 aliphatic carbocycles. The maximum Gasteiger partial charge on any atom is 0.258 e. The fraction of sp³-hybridized carbons (Fsp3) is 0.0870. The van der Waals surface area contributed by atoms with Crippen molar-refractivity contribution in [1.82, 2.24) is 4.98 Å². The fourth-order valence-corrected chi connectivity index (χ4v) is 3.16. The molecule has 0 saturated heterocycles. The van der Waals surface area contributed by atoms with Gasteiger partial charge in [-0.25, -0.2) is 9.37 Å². The summed E-state index contributed by atoms with van der Waals surface area (Å²) in [5.41, 5.74) is 4.98. The highest BCUT2D eigenvalue weighted by molar-refractivity contribution is 6.04. The van der Waals surface area contributed by atoms with Gasteiger partial charge in [-0.15, -0.1) is 0 Å². The molecule has 0 fully saturated rings. The molecule has 1 heterocycles. The van der Waals surface area contributed by atoms with Gasteiger partial charge in [0.1, 0.15) is 11.3 Å². The molecule has 4 aromatic rings. The van der Waals surface area contributed by atoms with E-state index in [1.165, 1.54) is 12.1 Å². The Morgan fingerprint density at radius 2 is 1.86 bits per heavy atom. The number of hydrogen-bond acceptors (Lipinski definition) is 4. The third-order valence-corrected chi connectivity index (χ3v) is 4.55. The molecule has 6 heteroatoms. The molecule has 0 aliphatic heterocycles. The first-order valence-corrected chi connectivity index (χ1v) is 8.94. The molecule has 1 amide bonds. The number of carbonyl (C=O) groups is 1. The van der Waals surface area contributed by atoms with Gasteiger partial charge in [-0.3, -0.25) is 4.79 Å². The van der Waals surface area contributed by atoms with E-state index < -0.39 is 11.7 Å². The van der Waals surface area contributed by atoms with Crippen LogP contribution in [0, 0.1) is 31.0 Å². The highest BCUT2D eigenvalue weighted by Gasteiger charge is 2.14. The van der Waals surface area contributed by atoms with Crippen LogP contribution in [0.5, 0.6) is 0 Å². The van der Waals surface area contributed by atoms with Gasteiger partial charge in [0.2, 0.25) is 5.89 Å². The number of hydrogen-bond donors (Lipinski definition) is 1. The zero-order chi connectivity index (χ0) is 20.5. The van der Waals surface area contributed by atoms with E-state index in [1.807, 2.05) is 32.0 Å². The number of anilines is 1. The fourth-order valence-electron chi connectivity index (χ4n) is 3.16. The molecule has 1 aromatic heterocycles. The molecule has 0 aliphatic rings. The average molecular weight is 385 g/mol. The number of rotatable bonds is 3. The van der Waals surface area contributed by atoms with Gasteiger partial charge in [0.25, 0.3) is 5.91 Å². The molecular weight excluding hydrogens is 369 g/mol. The molecule has 0 bridgehead atoms. The lowest BCUT2D eigenvalue weighted by Crippen LogP contribution is -2.13. The van der Waals surface area contributed by atoms with Crippen LogP contribution in [-0.4, -0.2) is 10.9 Å². The Morgan fingerprint density at radius 3 is 2.55 bits per heavy atom. The van der Waals surface area contributed by atoms with Crippen LogP contribution in [0.2, 0.25) is 0 Å².